The lowest BCUT2D eigenvalue weighted by molar-refractivity contribution is -0.0500. The van der Waals surface area contributed by atoms with Gasteiger partial charge < -0.3 is 23.1 Å². The third-order valence-electron chi connectivity index (χ3n) is 4.66. The molecule has 1 aliphatic carbocycles. The lowest BCUT2D eigenvalue weighted by Gasteiger charge is -2.11. The minimum Gasteiger partial charge on any atom is -0.497 e. The van der Waals surface area contributed by atoms with Gasteiger partial charge in [0, 0.05) is 6.07 Å². The molecule has 35 heavy (non-hydrogen) atoms. The lowest BCUT2D eigenvalue weighted by atomic mass is 10.1. The Hall–Kier alpha value is -3.48. The molecule has 0 heterocycles. The van der Waals surface area contributed by atoms with Gasteiger partial charge in [0.15, 0.2) is 0 Å². The molecule has 0 saturated heterocycles. The van der Waals surface area contributed by atoms with Gasteiger partial charge in [0.05, 0.1) is 39.6 Å². The third-order valence-corrected chi connectivity index (χ3v) is 5.64. The van der Waals surface area contributed by atoms with Gasteiger partial charge in [0.2, 0.25) is 0 Å². The predicted octanol–water partition coefficient (Wildman–Crippen LogP) is 4.07. The van der Waals surface area contributed by atoms with Crippen molar-refractivity contribution in [2.24, 2.45) is 0 Å². The molecule has 0 unspecified atom stereocenters. The Labute approximate surface area is 199 Å². The Balaban J connectivity index is 0.000000256. The SMILES string of the molecule is COC(=O)c1cc(OC)cc(C2CC2)c1.COC(=O)c1cc(OC)cc(OS(=O)(=O)C(F)(F)F)c1. The summed E-state index contributed by atoms with van der Waals surface area (Å²) in [6, 6.07) is 8.42. The summed E-state index contributed by atoms with van der Waals surface area (Å²) >= 11 is 0. The molecule has 1 fully saturated rings. The number of benzene rings is 2. The summed E-state index contributed by atoms with van der Waals surface area (Å²) in [5, 5.41) is 0. The summed E-state index contributed by atoms with van der Waals surface area (Å²) in [5.74, 6) is -0.667. The van der Waals surface area contributed by atoms with Crippen LogP contribution in [0.4, 0.5) is 13.2 Å². The number of hydrogen-bond donors (Lipinski definition) is 0. The summed E-state index contributed by atoms with van der Waals surface area (Å²) in [5.41, 5.74) is -4.06. The van der Waals surface area contributed by atoms with Gasteiger partial charge in [-0.3, -0.25) is 0 Å². The van der Waals surface area contributed by atoms with E-state index < -0.39 is 27.3 Å². The van der Waals surface area contributed by atoms with Gasteiger partial charge in [-0.1, -0.05) is 0 Å². The molecule has 192 valence electrons. The molecule has 0 spiro atoms. The normalized spacial score (nSPS) is 13.1. The highest BCUT2D eigenvalue weighted by molar-refractivity contribution is 7.88. The van der Waals surface area contributed by atoms with E-state index in [1.165, 1.54) is 32.6 Å². The second-order valence-corrected chi connectivity index (χ2v) is 8.67. The summed E-state index contributed by atoms with van der Waals surface area (Å²) in [6.45, 7) is 0. The number of halogens is 3. The average Bonchev–Trinajstić information content (AvgIpc) is 3.67. The second-order valence-electron chi connectivity index (χ2n) is 7.13. The molecular weight excluding hydrogens is 497 g/mol. The summed E-state index contributed by atoms with van der Waals surface area (Å²) in [6.07, 6.45) is 2.40. The van der Waals surface area contributed by atoms with Crippen LogP contribution in [-0.2, 0) is 19.6 Å². The fourth-order valence-electron chi connectivity index (χ4n) is 2.78. The summed E-state index contributed by atoms with van der Waals surface area (Å²) in [7, 11) is -0.611. The highest BCUT2D eigenvalue weighted by Gasteiger charge is 2.48. The van der Waals surface area contributed by atoms with Gasteiger partial charge in [0.1, 0.15) is 17.2 Å². The number of ether oxygens (including phenoxy) is 4. The second kappa shape index (κ2) is 11.3. The van der Waals surface area contributed by atoms with Crippen LogP contribution >= 0.6 is 0 Å². The van der Waals surface area contributed by atoms with Crippen molar-refractivity contribution in [1.29, 1.82) is 0 Å². The number of hydrogen-bond acceptors (Lipinski definition) is 9. The van der Waals surface area contributed by atoms with Gasteiger partial charge in [-0.2, -0.15) is 21.6 Å². The van der Waals surface area contributed by atoms with E-state index in [1.807, 2.05) is 12.1 Å². The number of carbonyl (C=O) groups excluding carboxylic acids is 2. The Morgan fingerprint density at radius 1 is 0.771 bits per heavy atom. The molecule has 3 rings (SSSR count). The van der Waals surface area contributed by atoms with E-state index in [4.69, 9.17) is 14.2 Å². The van der Waals surface area contributed by atoms with Crippen molar-refractivity contribution in [2.45, 2.75) is 24.3 Å². The lowest BCUT2D eigenvalue weighted by Crippen LogP contribution is -2.28. The maximum Gasteiger partial charge on any atom is 0.534 e. The Morgan fingerprint density at radius 3 is 1.66 bits per heavy atom. The first-order chi connectivity index (χ1) is 16.3. The first kappa shape index (κ1) is 27.8. The maximum absolute atomic E-state index is 12.2. The Morgan fingerprint density at radius 2 is 1.23 bits per heavy atom. The van der Waals surface area contributed by atoms with Crippen molar-refractivity contribution in [3.05, 3.63) is 53.1 Å². The summed E-state index contributed by atoms with van der Waals surface area (Å²) in [4.78, 5) is 22.7. The van der Waals surface area contributed by atoms with Crippen molar-refractivity contribution in [2.75, 3.05) is 28.4 Å². The van der Waals surface area contributed by atoms with E-state index in [2.05, 4.69) is 8.92 Å². The molecule has 2 aromatic rings. The molecule has 1 aliphatic rings. The molecule has 0 N–H and O–H groups in total. The van der Waals surface area contributed by atoms with Crippen LogP contribution in [0.1, 0.15) is 45.0 Å². The molecule has 9 nitrogen and oxygen atoms in total. The number of methoxy groups -OCH3 is 4. The van der Waals surface area contributed by atoms with Gasteiger partial charge in [-0.25, -0.2) is 9.59 Å². The van der Waals surface area contributed by atoms with Crippen LogP contribution in [0.25, 0.3) is 0 Å². The maximum atomic E-state index is 12.2. The Kier molecular flexibility index (Phi) is 8.96. The molecule has 1 saturated carbocycles. The van der Waals surface area contributed by atoms with E-state index >= 15 is 0 Å². The topological polar surface area (TPSA) is 114 Å². The van der Waals surface area contributed by atoms with E-state index in [-0.39, 0.29) is 17.3 Å². The predicted molar refractivity (Wildman–Crippen MR) is 116 cm³/mol. The molecule has 13 heteroatoms. The van der Waals surface area contributed by atoms with Crippen molar-refractivity contribution in [3.63, 3.8) is 0 Å². The van der Waals surface area contributed by atoms with E-state index in [1.54, 1.807) is 13.2 Å². The van der Waals surface area contributed by atoms with E-state index in [9.17, 15) is 31.2 Å². The summed E-state index contributed by atoms with van der Waals surface area (Å²) < 4.78 is 81.2. The van der Waals surface area contributed by atoms with Gasteiger partial charge in [-0.05, 0) is 54.7 Å². The fourth-order valence-corrected chi connectivity index (χ4v) is 3.22. The molecule has 0 atom stereocenters. The van der Waals surface area contributed by atoms with E-state index in [0.29, 0.717) is 11.5 Å². The third kappa shape index (κ3) is 7.50. The zero-order chi connectivity index (χ0) is 26.4. The van der Waals surface area contributed by atoms with Gasteiger partial charge >= 0.3 is 27.6 Å². The smallest absolute Gasteiger partial charge is 0.497 e. The molecular formula is C22H23F3O9S. The zero-order valence-corrected chi connectivity index (χ0v) is 20.0. The quantitative estimate of drug-likeness (QED) is 0.303. The van der Waals surface area contributed by atoms with Crippen molar-refractivity contribution >= 4 is 22.1 Å². The number of carbonyl (C=O) groups is 2. The van der Waals surface area contributed by atoms with Crippen LogP contribution in [0, 0.1) is 0 Å². The first-order valence-electron chi connectivity index (χ1n) is 9.90. The largest absolute Gasteiger partial charge is 0.534 e. The molecule has 0 aliphatic heterocycles. The Bertz CT molecular complexity index is 1170. The fraction of sp³-hybridized carbons (Fsp3) is 0.364. The molecule has 0 amide bonds. The standard InChI is InChI=1S/C12H14O3.C10H9F3O6S/c1-14-11-6-9(8-3-4-8)5-10(7-11)12(13)15-2;1-17-7-3-6(9(14)18-2)4-8(5-7)19-20(15,16)10(11,12)13/h5-8H,3-4H2,1-2H3;3-5H,1-2H3. The highest BCUT2D eigenvalue weighted by atomic mass is 32.2. The molecule has 0 aromatic heterocycles. The van der Waals surface area contributed by atoms with Gasteiger partial charge in [0.25, 0.3) is 0 Å². The monoisotopic (exact) mass is 520 g/mol. The van der Waals surface area contributed by atoms with Crippen LogP contribution in [0.3, 0.4) is 0 Å². The van der Waals surface area contributed by atoms with Crippen molar-refractivity contribution in [3.8, 4) is 17.2 Å². The number of esters is 2. The van der Waals surface area contributed by atoms with Crippen LogP contribution in [-0.4, -0.2) is 54.3 Å². The molecule has 0 bridgehead atoms. The van der Waals surface area contributed by atoms with Crippen LogP contribution in [0.5, 0.6) is 17.2 Å². The van der Waals surface area contributed by atoms with Crippen LogP contribution < -0.4 is 13.7 Å². The highest BCUT2D eigenvalue weighted by Crippen LogP contribution is 2.41. The molecule has 0 radical (unpaired) electrons. The van der Waals surface area contributed by atoms with E-state index in [0.717, 1.165) is 31.1 Å². The van der Waals surface area contributed by atoms with Crippen molar-refractivity contribution in [1.82, 2.24) is 0 Å². The minimum absolute atomic E-state index is 0.0692. The zero-order valence-electron chi connectivity index (χ0n) is 19.2. The first-order valence-corrected chi connectivity index (χ1v) is 11.3. The number of rotatable bonds is 7. The minimum atomic E-state index is -5.83. The molecule has 2 aromatic carbocycles. The number of alkyl halides is 3. The van der Waals surface area contributed by atoms with Gasteiger partial charge in [-0.15, -0.1) is 0 Å². The van der Waals surface area contributed by atoms with Crippen LogP contribution in [0.15, 0.2) is 36.4 Å². The van der Waals surface area contributed by atoms with Crippen LogP contribution in [0.2, 0.25) is 0 Å². The average molecular weight is 520 g/mol. The van der Waals surface area contributed by atoms with Crippen molar-refractivity contribution < 1.29 is 54.3 Å².